The second-order valence-corrected chi connectivity index (χ2v) is 8.18. The fourth-order valence-corrected chi connectivity index (χ4v) is 4.06. The van der Waals surface area contributed by atoms with Crippen LogP contribution in [-0.2, 0) is 22.6 Å². The first-order chi connectivity index (χ1) is 16.1. The molecule has 1 saturated heterocycles. The fraction of sp³-hybridized carbons (Fsp3) is 0.333. The van der Waals surface area contributed by atoms with Crippen molar-refractivity contribution in [2.45, 2.75) is 13.1 Å². The summed E-state index contributed by atoms with van der Waals surface area (Å²) in [4.78, 5) is 20.2. The minimum Gasteiger partial charge on any atom is -0.379 e. The number of halogens is 2. The zero-order valence-electron chi connectivity index (χ0n) is 18.4. The van der Waals surface area contributed by atoms with Gasteiger partial charge in [-0.1, -0.05) is 35.9 Å². The Kier molecular flexibility index (Phi) is 7.72. The molecular formula is C24H26ClFN4O3. The molecule has 0 saturated carbocycles. The monoisotopic (exact) mass is 472 g/mol. The van der Waals surface area contributed by atoms with Crippen molar-refractivity contribution in [1.82, 2.24) is 14.7 Å². The fourth-order valence-electron chi connectivity index (χ4n) is 3.81. The van der Waals surface area contributed by atoms with Gasteiger partial charge in [-0.3, -0.25) is 19.8 Å². The van der Waals surface area contributed by atoms with Gasteiger partial charge < -0.3 is 9.47 Å². The minimum atomic E-state index is -0.471. The largest absolute Gasteiger partial charge is 0.379 e. The molecule has 1 aliphatic heterocycles. The standard InChI is InChI=1S/C24H26ClFN4O3/c1-32-16-22(20-14-28-30(24(20)31)23-7-6-19(26)12-21(23)25)27-13-17-4-2-3-5-18(17)15-29-8-10-33-11-9-29/h2-7,12,14,28H,8-11,13,15-16H2,1H3. The van der Waals surface area contributed by atoms with Crippen molar-refractivity contribution in [3.8, 4) is 5.69 Å². The Morgan fingerprint density at radius 1 is 1.21 bits per heavy atom. The van der Waals surface area contributed by atoms with E-state index in [4.69, 9.17) is 26.1 Å². The van der Waals surface area contributed by atoms with Crippen molar-refractivity contribution >= 4 is 17.3 Å². The number of nitrogens with one attached hydrogen (secondary N) is 1. The van der Waals surface area contributed by atoms with Gasteiger partial charge in [0.05, 0.1) is 48.4 Å². The molecule has 0 bridgehead atoms. The van der Waals surface area contributed by atoms with Crippen LogP contribution in [0.2, 0.25) is 5.02 Å². The number of aromatic nitrogens is 2. The molecule has 0 unspecified atom stereocenters. The maximum absolute atomic E-state index is 13.4. The Balaban J connectivity index is 1.59. The van der Waals surface area contributed by atoms with E-state index in [1.54, 1.807) is 13.3 Å². The van der Waals surface area contributed by atoms with Crippen LogP contribution in [0.3, 0.4) is 0 Å². The molecule has 7 nitrogen and oxygen atoms in total. The van der Waals surface area contributed by atoms with Gasteiger partial charge in [0.15, 0.2) is 0 Å². The van der Waals surface area contributed by atoms with Gasteiger partial charge in [0.2, 0.25) is 0 Å². The van der Waals surface area contributed by atoms with E-state index >= 15 is 0 Å². The first-order valence-electron chi connectivity index (χ1n) is 10.7. The molecule has 0 amide bonds. The van der Waals surface area contributed by atoms with E-state index in [-0.39, 0.29) is 17.2 Å². The van der Waals surface area contributed by atoms with Crippen molar-refractivity contribution in [1.29, 1.82) is 0 Å². The van der Waals surface area contributed by atoms with Crippen molar-refractivity contribution in [3.05, 3.63) is 86.5 Å². The molecule has 4 rings (SSSR count). The zero-order chi connectivity index (χ0) is 23.2. The number of H-pyrrole nitrogens is 1. The SMILES string of the molecule is COCC(=NCc1ccccc1CN1CCOCC1)c1c[nH]n(-c2ccc(F)cc2Cl)c1=O. The number of aromatic amines is 1. The lowest BCUT2D eigenvalue weighted by Crippen LogP contribution is -2.35. The number of benzene rings is 2. The van der Waals surface area contributed by atoms with Gasteiger partial charge in [0.25, 0.3) is 5.56 Å². The molecule has 1 N–H and O–H groups in total. The lowest BCUT2D eigenvalue weighted by Gasteiger charge is -2.27. The van der Waals surface area contributed by atoms with Crippen LogP contribution in [0, 0.1) is 5.82 Å². The van der Waals surface area contributed by atoms with E-state index in [2.05, 4.69) is 22.1 Å². The van der Waals surface area contributed by atoms with Crippen LogP contribution in [0.4, 0.5) is 4.39 Å². The number of aliphatic imine (C=N–C) groups is 1. The van der Waals surface area contributed by atoms with E-state index in [0.29, 0.717) is 23.5 Å². The summed E-state index contributed by atoms with van der Waals surface area (Å²) >= 11 is 6.14. The van der Waals surface area contributed by atoms with Crippen LogP contribution in [0.5, 0.6) is 0 Å². The maximum atomic E-state index is 13.4. The lowest BCUT2D eigenvalue weighted by molar-refractivity contribution is 0.0341. The van der Waals surface area contributed by atoms with Crippen LogP contribution in [0.15, 0.2) is 58.4 Å². The third kappa shape index (κ3) is 5.59. The smallest absolute Gasteiger partial charge is 0.280 e. The summed E-state index contributed by atoms with van der Waals surface area (Å²) in [6, 6.07) is 12.0. The molecule has 33 heavy (non-hydrogen) atoms. The van der Waals surface area contributed by atoms with Gasteiger partial charge in [-0.2, -0.15) is 0 Å². The van der Waals surface area contributed by atoms with E-state index in [1.807, 2.05) is 12.1 Å². The number of nitrogens with zero attached hydrogens (tertiary/aromatic N) is 3. The van der Waals surface area contributed by atoms with Gasteiger partial charge in [-0.15, -0.1) is 0 Å². The summed E-state index contributed by atoms with van der Waals surface area (Å²) in [5.74, 6) is -0.471. The summed E-state index contributed by atoms with van der Waals surface area (Å²) in [6.07, 6.45) is 1.57. The summed E-state index contributed by atoms with van der Waals surface area (Å²) in [7, 11) is 1.56. The molecule has 2 heterocycles. The second kappa shape index (κ2) is 10.9. The van der Waals surface area contributed by atoms with Gasteiger partial charge in [-0.05, 0) is 29.3 Å². The van der Waals surface area contributed by atoms with Crippen LogP contribution in [0.25, 0.3) is 5.69 Å². The predicted octanol–water partition coefficient (Wildman–Crippen LogP) is 3.43. The van der Waals surface area contributed by atoms with Gasteiger partial charge in [0, 0.05) is 32.9 Å². The Morgan fingerprint density at radius 2 is 1.97 bits per heavy atom. The van der Waals surface area contributed by atoms with E-state index < -0.39 is 5.82 Å². The molecular weight excluding hydrogens is 447 g/mol. The first kappa shape index (κ1) is 23.4. The summed E-state index contributed by atoms with van der Waals surface area (Å²) in [5.41, 5.74) is 3.22. The third-order valence-electron chi connectivity index (χ3n) is 5.57. The summed E-state index contributed by atoms with van der Waals surface area (Å²) in [5, 5.41) is 3.03. The average Bonchev–Trinajstić information content (AvgIpc) is 3.19. The molecule has 0 atom stereocenters. The van der Waals surface area contributed by atoms with E-state index in [0.717, 1.165) is 38.4 Å². The van der Waals surface area contributed by atoms with Crippen molar-refractivity contribution in [2.75, 3.05) is 40.0 Å². The van der Waals surface area contributed by atoms with E-state index in [9.17, 15) is 9.18 Å². The summed E-state index contributed by atoms with van der Waals surface area (Å²) in [6.45, 7) is 4.72. The lowest BCUT2D eigenvalue weighted by atomic mass is 10.1. The maximum Gasteiger partial charge on any atom is 0.280 e. The normalized spacial score (nSPS) is 15.2. The third-order valence-corrected chi connectivity index (χ3v) is 5.87. The van der Waals surface area contributed by atoms with Gasteiger partial charge in [-0.25, -0.2) is 9.07 Å². The van der Waals surface area contributed by atoms with Crippen LogP contribution in [-0.4, -0.2) is 60.4 Å². The molecule has 9 heteroatoms. The Bertz CT molecular complexity index is 1180. The van der Waals surface area contributed by atoms with Crippen molar-refractivity contribution in [2.24, 2.45) is 4.99 Å². The zero-order valence-corrected chi connectivity index (χ0v) is 19.1. The van der Waals surface area contributed by atoms with Crippen molar-refractivity contribution in [3.63, 3.8) is 0 Å². The van der Waals surface area contributed by atoms with E-state index in [1.165, 1.54) is 28.4 Å². The Morgan fingerprint density at radius 3 is 2.70 bits per heavy atom. The number of ether oxygens (including phenoxy) is 2. The summed E-state index contributed by atoms with van der Waals surface area (Å²) < 4.78 is 25.4. The number of morpholine rings is 1. The topological polar surface area (TPSA) is 71.8 Å². The highest BCUT2D eigenvalue weighted by molar-refractivity contribution is 6.32. The molecule has 1 fully saturated rings. The molecule has 0 radical (unpaired) electrons. The minimum absolute atomic E-state index is 0.132. The van der Waals surface area contributed by atoms with Gasteiger partial charge in [0.1, 0.15) is 5.82 Å². The molecule has 1 aliphatic rings. The number of methoxy groups -OCH3 is 1. The quantitative estimate of drug-likeness (QED) is 0.510. The highest BCUT2D eigenvalue weighted by Crippen LogP contribution is 2.20. The van der Waals surface area contributed by atoms with Crippen LogP contribution >= 0.6 is 11.6 Å². The van der Waals surface area contributed by atoms with Gasteiger partial charge >= 0.3 is 0 Å². The van der Waals surface area contributed by atoms with Crippen LogP contribution < -0.4 is 5.56 Å². The van der Waals surface area contributed by atoms with Crippen LogP contribution in [0.1, 0.15) is 16.7 Å². The molecule has 0 spiro atoms. The first-order valence-corrected chi connectivity index (χ1v) is 11.1. The predicted molar refractivity (Wildman–Crippen MR) is 126 cm³/mol. The molecule has 2 aromatic carbocycles. The number of hydrogen-bond donors (Lipinski definition) is 1. The molecule has 174 valence electrons. The molecule has 0 aliphatic carbocycles. The van der Waals surface area contributed by atoms with Crippen molar-refractivity contribution < 1.29 is 13.9 Å². The molecule has 3 aromatic rings. The number of rotatable bonds is 8. The Labute approximate surface area is 196 Å². The highest BCUT2D eigenvalue weighted by Gasteiger charge is 2.17. The molecule has 1 aromatic heterocycles. The number of hydrogen-bond acceptors (Lipinski definition) is 5. The Hall–Kier alpha value is -2.78. The average molecular weight is 473 g/mol. The second-order valence-electron chi connectivity index (χ2n) is 7.78. The highest BCUT2D eigenvalue weighted by atomic mass is 35.5.